The van der Waals surface area contributed by atoms with Crippen molar-refractivity contribution in [3.8, 4) is 0 Å². The van der Waals surface area contributed by atoms with Gasteiger partial charge in [-0.25, -0.2) is 14.6 Å². The first kappa shape index (κ1) is 16.2. The maximum Gasteiger partial charge on any atom is 0.413 e. The molecule has 0 aromatic carbocycles. The fourth-order valence-corrected chi connectivity index (χ4v) is 2.68. The van der Waals surface area contributed by atoms with Crippen LogP contribution in [0.4, 0.5) is 10.6 Å². The van der Waals surface area contributed by atoms with E-state index >= 15 is 0 Å². The Bertz CT molecular complexity index is 703. The molecule has 0 radical (unpaired) electrons. The number of aromatic nitrogens is 1. The quantitative estimate of drug-likeness (QED) is 0.869. The molecule has 1 N–H and O–H groups in total. The predicted octanol–water partition coefficient (Wildman–Crippen LogP) is 3.82. The van der Waals surface area contributed by atoms with Gasteiger partial charge in [0.25, 0.3) is 0 Å². The zero-order valence-corrected chi connectivity index (χ0v) is 13.7. The third kappa shape index (κ3) is 4.17. The molecule has 2 rings (SSSR count). The van der Waals surface area contributed by atoms with Crippen LogP contribution in [0, 0.1) is 0 Å². The van der Waals surface area contributed by atoms with E-state index in [-0.39, 0.29) is 5.97 Å². The van der Waals surface area contributed by atoms with Gasteiger partial charge in [-0.2, -0.15) is 0 Å². The molecule has 7 heteroatoms. The van der Waals surface area contributed by atoms with Gasteiger partial charge in [0.2, 0.25) is 0 Å². The van der Waals surface area contributed by atoms with E-state index in [1.165, 1.54) is 11.3 Å². The number of nitrogens with one attached hydrogen (secondary N) is 1. The SMILES string of the molecule is CCOC(=O)c1cc2cnc(NC(=O)OC(C)(C)C)cc2s1. The van der Waals surface area contributed by atoms with Gasteiger partial charge in [0, 0.05) is 16.3 Å². The minimum atomic E-state index is -0.575. The lowest BCUT2D eigenvalue weighted by molar-refractivity contribution is 0.0531. The molecule has 0 fully saturated rings. The third-order valence-electron chi connectivity index (χ3n) is 2.51. The lowest BCUT2D eigenvalue weighted by Crippen LogP contribution is -2.27. The van der Waals surface area contributed by atoms with Gasteiger partial charge in [-0.15, -0.1) is 11.3 Å². The van der Waals surface area contributed by atoms with E-state index < -0.39 is 11.7 Å². The average Bonchev–Trinajstić information content (AvgIpc) is 2.79. The van der Waals surface area contributed by atoms with Crippen LogP contribution in [-0.4, -0.2) is 29.3 Å². The molecule has 2 heterocycles. The summed E-state index contributed by atoms with van der Waals surface area (Å²) >= 11 is 1.29. The lowest BCUT2D eigenvalue weighted by Gasteiger charge is -2.19. The Balaban J connectivity index is 2.16. The van der Waals surface area contributed by atoms with Crippen LogP contribution in [0.25, 0.3) is 10.1 Å². The Morgan fingerprint density at radius 2 is 2.05 bits per heavy atom. The van der Waals surface area contributed by atoms with Crippen molar-refractivity contribution in [2.75, 3.05) is 11.9 Å². The number of anilines is 1. The maximum absolute atomic E-state index is 11.7. The van der Waals surface area contributed by atoms with Crippen LogP contribution in [0.2, 0.25) is 0 Å². The number of hydrogen-bond acceptors (Lipinski definition) is 6. The van der Waals surface area contributed by atoms with Gasteiger partial charge in [-0.1, -0.05) is 0 Å². The van der Waals surface area contributed by atoms with Gasteiger partial charge in [0.15, 0.2) is 0 Å². The number of thiophene rings is 1. The highest BCUT2D eigenvalue weighted by molar-refractivity contribution is 7.20. The molecule has 0 aliphatic rings. The van der Waals surface area contributed by atoms with E-state index in [1.54, 1.807) is 46.0 Å². The zero-order chi connectivity index (χ0) is 16.3. The van der Waals surface area contributed by atoms with Crippen molar-refractivity contribution >= 4 is 39.3 Å². The number of esters is 1. The summed E-state index contributed by atoms with van der Waals surface area (Å²) in [5, 5.41) is 3.39. The monoisotopic (exact) mass is 322 g/mol. The largest absolute Gasteiger partial charge is 0.462 e. The summed E-state index contributed by atoms with van der Waals surface area (Å²) < 4.78 is 11.0. The molecular weight excluding hydrogens is 304 g/mol. The number of hydrogen-bond donors (Lipinski definition) is 1. The molecule has 2 aromatic heterocycles. The van der Waals surface area contributed by atoms with Crippen LogP contribution in [0.5, 0.6) is 0 Å². The van der Waals surface area contributed by atoms with Crippen LogP contribution in [0.1, 0.15) is 37.4 Å². The topological polar surface area (TPSA) is 77.5 Å². The van der Waals surface area contributed by atoms with E-state index in [2.05, 4.69) is 10.3 Å². The summed E-state index contributed by atoms with van der Waals surface area (Å²) in [6.45, 7) is 7.45. The van der Waals surface area contributed by atoms with E-state index in [9.17, 15) is 9.59 Å². The summed E-state index contributed by atoms with van der Waals surface area (Å²) in [7, 11) is 0. The standard InChI is InChI=1S/C15H18N2O4S/c1-5-20-13(18)11-6-9-8-16-12(7-10(9)22-11)17-14(19)21-15(2,3)4/h6-8H,5H2,1-4H3,(H,16,17,19). The van der Waals surface area contributed by atoms with Gasteiger partial charge >= 0.3 is 12.1 Å². The number of rotatable bonds is 3. The second kappa shape index (κ2) is 6.31. The Kier molecular flexibility index (Phi) is 4.65. The van der Waals surface area contributed by atoms with Gasteiger partial charge in [-0.05, 0) is 39.8 Å². The molecule has 0 aliphatic heterocycles. The molecule has 1 amide bonds. The molecule has 0 bridgehead atoms. The van der Waals surface area contributed by atoms with Crippen molar-refractivity contribution < 1.29 is 19.1 Å². The third-order valence-corrected chi connectivity index (χ3v) is 3.59. The van der Waals surface area contributed by atoms with Crippen LogP contribution in [0.15, 0.2) is 18.3 Å². The Morgan fingerprint density at radius 3 is 2.68 bits per heavy atom. The van der Waals surface area contributed by atoms with Crippen molar-refractivity contribution in [3.05, 3.63) is 23.2 Å². The zero-order valence-electron chi connectivity index (χ0n) is 12.9. The molecule has 0 atom stereocenters. The van der Waals surface area contributed by atoms with Crippen LogP contribution in [-0.2, 0) is 9.47 Å². The fraction of sp³-hybridized carbons (Fsp3) is 0.400. The highest BCUT2D eigenvalue weighted by Gasteiger charge is 2.17. The number of amides is 1. The van der Waals surface area contributed by atoms with E-state index in [0.29, 0.717) is 17.3 Å². The summed E-state index contributed by atoms with van der Waals surface area (Å²) in [6.07, 6.45) is 1.03. The molecule has 2 aromatic rings. The smallest absolute Gasteiger partial charge is 0.413 e. The van der Waals surface area contributed by atoms with Crippen LogP contribution >= 0.6 is 11.3 Å². The predicted molar refractivity (Wildman–Crippen MR) is 85.4 cm³/mol. The minimum Gasteiger partial charge on any atom is -0.462 e. The van der Waals surface area contributed by atoms with Gasteiger partial charge in [0.05, 0.1) is 6.61 Å². The summed E-state index contributed by atoms with van der Waals surface area (Å²) in [5.74, 6) is 0.0179. The Labute approximate surface area is 132 Å². The van der Waals surface area contributed by atoms with E-state index in [0.717, 1.165) is 10.1 Å². The van der Waals surface area contributed by atoms with Gasteiger partial charge < -0.3 is 9.47 Å². The van der Waals surface area contributed by atoms with E-state index in [4.69, 9.17) is 9.47 Å². The molecule has 118 valence electrons. The Hall–Kier alpha value is -2.15. The molecule has 6 nitrogen and oxygen atoms in total. The number of ether oxygens (including phenoxy) is 2. The van der Waals surface area contributed by atoms with E-state index in [1.807, 2.05) is 0 Å². The average molecular weight is 322 g/mol. The second-order valence-electron chi connectivity index (χ2n) is 5.57. The molecule has 22 heavy (non-hydrogen) atoms. The highest BCUT2D eigenvalue weighted by atomic mass is 32.1. The number of pyridine rings is 1. The summed E-state index contributed by atoms with van der Waals surface area (Å²) in [5.41, 5.74) is -0.575. The van der Waals surface area contributed by atoms with Crippen LogP contribution in [0.3, 0.4) is 0 Å². The fourth-order valence-electron chi connectivity index (χ4n) is 1.71. The van der Waals surface area contributed by atoms with Crippen molar-refractivity contribution in [2.45, 2.75) is 33.3 Å². The summed E-state index contributed by atoms with van der Waals surface area (Å²) in [4.78, 5) is 28.1. The number of nitrogens with zero attached hydrogens (tertiary/aromatic N) is 1. The van der Waals surface area contributed by atoms with Crippen molar-refractivity contribution in [3.63, 3.8) is 0 Å². The van der Waals surface area contributed by atoms with Crippen LogP contribution < -0.4 is 5.32 Å². The first-order chi connectivity index (χ1) is 10.3. The Morgan fingerprint density at radius 1 is 1.32 bits per heavy atom. The normalized spacial score (nSPS) is 11.3. The highest BCUT2D eigenvalue weighted by Crippen LogP contribution is 2.27. The van der Waals surface area contributed by atoms with Crippen molar-refractivity contribution in [1.29, 1.82) is 0 Å². The number of fused-ring (bicyclic) bond motifs is 1. The van der Waals surface area contributed by atoms with Gasteiger partial charge in [-0.3, -0.25) is 5.32 Å². The molecule has 0 saturated heterocycles. The molecule has 0 spiro atoms. The first-order valence-electron chi connectivity index (χ1n) is 6.85. The molecule has 0 saturated carbocycles. The molecular formula is C15H18N2O4S. The first-order valence-corrected chi connectivity index (χ1v) is 7.67. The second-order valence-corrected chi connectivity index (χ2v) is 6.65. The molecule has 0 unspecified atom stereocenters. The maximum atomic E-state index is 11.7. The lowest BCUT2D eigenvalue weighted by atomic mass is 10.2. The minimum absolute atomic E-state index is 0.330. The van der Waals surface area contributed by atoms with Crippen molar-refractivity contribution in [2.24, 2.45) is 0 Å². The molecule has 0 aliphatic carbocycles. The van der Waals surface area contributed by atoms with Gasteiger partial charge in [0.1, 0.15) is 16.3 Å². The summed E-state index contributed by atoms with van der Waals surface area (Å²) in [6, 6.07) is 3.43. The number of carbonyl (C=O) groups excluding carboxylic acids is 2. The number of carbonyl (C=O) groups is 2. The van der Waals surface area contributed by atoms with Crippen molar-refractivity contribution in [1.82, 2.24) is 4.98 Å².